The first-order valence-corrected chi connectivity index (χ1v) is 9.43. The Balaban J connectivity index is 1.42. The molecule has 2 saturated heterocycles. The fourth-order valence-corrected chi connectivity index (χ4v) is 3.84. The molecule has 2 aliphatic rings. The summed E-state index contributed by atoms with van der Waals surface area (Å²) in [5.41, 5.74) is 1.46. The number of aliphatic imine (C=N–C) groups is 1. The molecule has 6 heteroatoms. The summed E-state index contributed by atoms with van der Waals surface area (Å²) in [6.07, 6.45) is 2.76. The Morgan fingerprint density at radius 1 is 1.35 bits per heavy atom. The van der Waals surface area contributed by atoms with Crippen LogP contribution in [0.15, 0.2) is 35.3 Å². The van der Waals surface area contributed by atoms with E-state index in [4.69, 9.17) is 4.74 Å². The second-order valence-electron chi connectivity index (χ2n) is 7.43. The number of ether oxygens (including phenoxy) is 1. The van der Waals surface area contributed by atoms with E-state index in [9.17, 15) is 4.79 Å². The Kier molecular flexibility index (Phi) is 6.14. The topological polar surface area (TPSA) is 57.2 Å². The molecule has 1 spiro atoms. The molecule has 2 heterocycles. The highest BCUT2D eigenvalue weighted by Gasteiger charge is 2.42. The quantitative estimate of drug-likeness (QED) is 0.643. The van der Waals surface area contributed by atoms with Crippen LogP contribution in [-0.2, 0) is 16.1 Å². The van der Waals surface area contributed by atoms with Gasteiger partial charge in [0.2, 0.25) is 5.91 Å². The Bertz CT molecular complexity index is 626. The summed E-state index contributed by atoms with van der Waals surface area (Å²) in [7, 11) is 3.66. The van der Waals surface area contributed by atoms with Crippen molar-refractivity contribution in [3.05, 3.63) is 35.9 Å². The standard InChI is InChI=1S/C20H30N4O2/c1-21-19(24-12-9-20(15-24)10-13-26-16-20)22-11-8-18(25)23(2)14-17-6-4-3-5-7-17/h3-7H,8-16H2,1-2H3,(H,21,22). The predicted molar refractivity (Wildman–Crippen MR) is 103 cm³/mol. The number of carbonyl (C=O) groups is 1. The first-order chi connectivity index (χ1) is 12.6. The molecule has 6 nitrogen and oxygen atoms in total. The maximum atomic E-state index is 12.4. The van der Waals surface area contributed by atoms with Crippen LogP contribution in [0.3, 0.4) is 0 Å². The second-order valence-corrected chi connectivity index (χ2v) is 7.43. The first kappa shape index (κ1) is 18.7. The molecule has 1 aromatic rings. The Morgan fingerprint density at radius 3 is 2.85 bits per heavy atom. The van der Waals surface area contributed by atoms with Crippen LogP contribution in [0, 0.1) is 5.41 Å². The fourth-order valence-electron chi connectivity index (χ4n) is 3.84. The van der Waals surface area contributed by atoms with Crippen molar-refractivity contribution in [3.8, 4) is 0 Å². The van der Waals surface area contributed by atoms with E-state index in [1.807, 2.05) is 44.4 Å². The largest absolute Gasteiger partial charge is 0.381 e. The van der Waals surface area contributed by atoms with Crippen LogP contribution in [0.2, 0.25) is 0 Å². The lowest BCUT2D eigenvalue weighted by Gasteiger charge is -2.25. The van der Waals surface area contributed by atoms with Gasteiger partial charge in [-0.2, -0.15) is 0 Å². The second kappa shape index (κ2) is 8.54. The van der Waals surface area contributed by atoms with Gasteiger partial charge in [0.05, 0.1) is 6.61 Å². The van der Waals surface area contributed by atoms with Crippen LogP contribution >= 0.6 is 0 Å². The van der Waals surface area contributed by atoms with Crippen molar-refractivity contribution in [2.75, 3.05) is 46.9 Å². The number of nitrogens with zero attached hydrogens (tertiary/aromatic N) is 3. The summed E-state index contributed by atoms with van der Waals surface area (Å²) < 4.78 is 5.59. The van der Waals surface area contributed by atoms with Gasteiger partial charge in [0.15, 0.2) is 5.96 Å². The minimum absolute atomic E-state index is 0.138. The van der Waals surface area contributed by atoms with Gasteiger partial charge in [-0.3, -0.25) is 9.79 Å². The molecule has 0 saturated carbocycles. The van der Waals surface area contributed by atoms with Crippen LogP contribution in [0.4, 0.5) is 0 Å². The molecule has 0 radical (unpaired) electrons. The SMILES string of the molecule is CN=C(NCCC(=O)N(C)Cc1ccccc1)N1CCC2(CCOC2)C1. The third-order valence-electron chi connectivity index (χ3n) is 5.44. The van der Waals surface area contributed by atoms with Crippen LogP contribution in [-0.4, -0.2) is 68.6 Å². The number of benzene rings is 1. The first-order valence-electron chi connectivity index (χ1n) is 9.43. The van der Waals surface area contributed by atoms with Gasteiger partial charge in [-0.05, 0) is 18.4 Å². The highest BCUT2D eigenvalue weighted by molar-refractivity contribution is 5.81. The monoisotopic (exact) mass is 358 g/mol. The minimum atomic E-state index is 0.138. The normalized spacial score (nSPS) is 22.8. The van der Waals surface area contributed by atoms with Crippen LogP contribution in [0.5, 0.6) is 0 Å². The van der Waals surface area contributed by atoms with E-state index in [2.05, 4.69) is 15.2 Å². The highest BCUT2D eigenvalue weighted by Crippen LogP contribution is 2.38. The lowest BCUT2D eigenvalue weighted by molar-refractivity contribution is -0.130. The smallest absolute Gasteiger partial charge is 0.224 e. The van der Waals surface area contributed by atoms with Crippen LogP contribution in [0.1, 0.15) is 24.8 Å². The summed E-state index contributed by atoms with van der Waals surface area (Å²) in [4.78, 5) is 20.8. The van der Waals surface area contributed by atoms with E-state index >= 15 is 0 Å². The van der Waals surface area contributed by atoms with Gasteiger partial charge in [0, 0.05) is 58.7 Å². The van der Waals surface area contributed by atoms with Gasteiger partial charge in [-0.15, -0.1) is 0 Å². The van der Waals surface area contributed by atoms with Gasteiger partial charge in [-0.25, -0.2) is 0 Å². The van der Waals surface area contributed by atoms with Crippen molar-refractivity contribution < 1.29 is 9.53 Å². The van der Waals surface area contributed by atoms with Gasteiger partial charge < -0.3 is 19.9 Å². The molecule has 0 bridgehead atoms. The average molecular weight is 358 g/mol. The van der Waals surface area contributed by atoms with E-state index in [0.29, 0.717) is 24.9 Å². The van der Waals surface area contributed by atoms with Crippen molar-refractivity contribution in [2.24, 2.45) is 10.4 Å². The van der Waals surface area contributed by atoms with Gasteiger partial charge in [0.25, 0.3) is 0 Å². The summed E-state index contributed by atoms with van der Waals surface area (Å²) in [5, 5.41) is 3.35. The molecule has 142 valence electrons. The zero-order chi connectivity index (χ0) is 18.4. The highest BCUT2D eigenvalue weighted by atomic mass is 16.5. The van der Waals surface area contributed by atoms with Crippen LogP contribution in [0.25, 0.3) is 0 Å². The van der Waals surface area contributed by atoms with Gasteiger partial charge in [-0.1, -0.05) is 30.3 Å². The Labute approximate surface area is 156 Å². The van der Waals surface area contributed by atoms with E-state index in [0.717, 1.165) is 50.7 Å². The van der Waals surface area contributed by atoms with Crippen molar-refractivity contribution in [2.45, 2.75) is 25.8 Å². The third kappa shape index (κ3) is 4.55. The van der Waals surface area contributed by atoms with Crippen molar-refractivity contribution >= 4 is 11.9 Å². The van der Waals surface area contributed by atoms with Crippen LogP contribution < -0.4 is 5.32 Å². The number of hydrogen-bond donors (Lipinski definition) is 1. The molecule has 1 unspecified atom stereocenters. The number of guanidine groups is 1. The predicted octanol–water partition coefficient (Wildman–Crippen LogP) is 1.72. The molecule has 1 amide bonds. The zero-order valence-electron chi connectivity index (χ0n) is 15.9. The van der Waals surface area contributed by atoms with E-state index in [1.165, 1.54) is 0 Å². The van der Waals surface area contributed by atoms with Gasteiger partial charge >= 0.3 is 0 Å². The number of carbonyl (C=O) groups excluding carboxylic acids is 1. The number of hydrogen-bond acceptors (Lipinski definition) is 3. The molecule has 3 rings (SSSR count). The minimum Gasteiger partial charge on any atom is -0.381 e. The molecule has 2 fully saturated rings. The van der Waals surface area contributed by atoms with Crippen molar-refractivity contribution in [1.82, 2.24) is 15.1 Å². The molecule has 1 aromatic carbocycles. The lowest BCUT2D eigenvalue weighted by Crippen LogP contribution is -2.42. The summed E-state index contributed by atoms with van der Waals surface area (Å²) in [6.45, 7) is 4.98. The molecule has 1 atom stereocenters. The Morgan fingerprint density at radius 2 is 2.15 bits per heavy atom. The average Bonchev–Trinajstić information content (AvgIpc) is 3.29. The zero-order valence-corrected chi connectivity index (χ0v) is 15.9. The maximum absolute atomic E-state index is 12.4. The molecular weight excluding hydrogens is 328 g/mol. The van der Waals surface area contributed by atoms with E-state index < -0.39 is 0 Å². The van der Waals surface area contributed by atoms with Gasteiger partial charge in [0.1, 0.15) is 0 Å². The summed E-state index contributed by atoms with van der Waals surface area (Å²) in [5.74, 6) is 1.03. The fraction of sp³-hybridized carbons (Fsp3) is 0.600. The maximum Gasteiger partial charge on any atom is 0.224 e. The lowest BCUT2D eigenvalue weighted by atomic mass is 9.87. The molecule has 26 heavy (non-hydrogen) atoms. The molecule has 2 aliphatic heterocycles. The Hall–Kier alpha value is -2.08. The number of nitrogens with one attached hydrogen (secondary N) is 1. The van der Waals surface area contributed by atoms with Crippen molar-refractivity contribution in [3.63, 3.8) is 0 Å². The number of amides is 1. The molecule has 0 aliphatic carbocycles. The molecular formula is C20H30N4O2. The summed E-state index contributed by atoms with van der Waals surface area (Å²) >= 11 is 0. The molecule has 1 N–H and O–H groups in total. The van der Waals surface area contributed by atoms with E-state index in [-0.39, 0.29) is 5.91 Å². The third-order valence-corrected chi connectivity index (χ3v) is 5.44. The number of rotatable bonds is 5. The van der Waals surface area contributed by atoms with E-state index in [1.54, 1.807) is 4.90 Å². The van der Waals surface area contributed by atoms with Crippen molar-refractivity contribution in [1.29, 1.82) is 0 Å². The summed E-state index contributed by atoms with van der Waals surface area (Å²) in [6, 6.07) is 10.1. The molecule has 0 aromatic heterocycles. The number of likely N-dealkylation sites (tertiary alicyclic amines) is 1.